The number of nitrogens with zero attached hydrogens (tertiary/aromatic N) is 2. The third kappa shape index (κ3) is 4.41. The van der Waals surface area contributed by atoms with Gasteiger partial charge in [-0.3, -0.25) is 0 Å². The van der Waals surface area contributed by atoms with E-state index < -0.39 is 15.8 Å². The Bertz CT molecular complexity index is 861. The molecule has 0 aromatic heterocycles. The molecule has 140 valence electrons. The molecule has 26 heavy (non-hydrogen) atoms. The van der Waals surface area contributed by atoms with Crippen molar-refractivity contribution in [2.24, 2.45) is 0 Å². The second kappa shape index (κ2) is 7.73. The van der Waals surface area contributed by atoms with Crippen molar-refractivity contribution in [2.45, 2.75) is 18.4 Å². The van der Waals surface area contributed by atoms with Crippen LogP contribution >= 0.6 is 0 Å². The summed E-state index contributed by atoms with van der Waals surface area (Å²) in [5.74, 6) is -0.413. The van der Waals surface area contributed by atoms with E-state index in [4.69, 9.17) is 0 Å². The summed E-state index contributed by atoms with van der Waals surface area (Å²) in [4.78, 5) is 4.71. The second-order valence-corrected chi connectivity index (χ2v) is 8.46. The zero-order chi connectivity index (χ0) is 18.7. The van der Waals surface area contributed by atoms with E-state index in [2.05, 4.69) is 21.6 Å². The third-order valence-electron chi connectivity index (χ3n) is 4.71. The Kier molecular flexibility index (Phi) is 5.60. The van der Waals surface area contributed by atoms with Crippen LogP contribution in [0.15, 0.2) is 47.4 Å². The number of benzene rings is 2. The topological polar surface area (TPSA) is 52.7 Å². The molecule has 0 unspecified atom stereocenters. The van der Waals surface area contributed by atoms with Gasteiger partial charge < -0.3 is 9.80 Å². The minimum Gasteiger partial charge on any atom is -0.369 e. The van der Waals surface area contributed by atoms with E-state index in [-0.39, 0.29) is 11.4 Å². The molecule has 0 bridgehead atoms. The lowest BCUT2D eigenvalue weighted by atomic mass is 10.2. The zero-order valence-corrected chi connectivity index (χ0v) is 15.9. The van der Waals surface area contributed by atoms with Gasteiger partial charge in [0.2, 0.25) is 10.0 Å². The lowest BCUT2D eigenvalue weighted by Crippen LogP contribution is -2.44. The molecule has 0 amide bonds. The first kappa shape index (κ1) is 18.8. The summed E-state index contributed by atoms with van der Waals surface area (Å²) in [6, 6.07) is 11.7. The number of sulfonamides is 1. The molecule has 7 heteroatoms. The number of likely N-dealkylation sites (N-methyl/N-ethyl adjacent to an activating group) is 1. The molecule has 5 nitrogen and oxygen atoms in total. The summed E-state index contributed by atoms with van der Waals surface area (Å²) in [5.41, 5.74) is 2.34. The molecule has 2 aromatic carbocycles. The van der Waals surface area contributed by atoms with E-state index >= 15 is 0 Å². The third-order valence-corrected chi connectivity index (χ3v) is 6.11. The summed E-state index contributed by atoms with van der Waals surface area (Å²) in [6.07, 6.45) is 0. The molecule has 2 aromatic rings. The van der Waals surface area contributed by atoms with Crippen LogP contribution < -0.4 is 9.62 Å². The molecule has 1 heterocycles. The first-order valence-electron chi connectivity index (χ1n) is 8.63. The smallest absolute Gasteiger partial charge is 0.240 e. The van der Waals surface area contributed by atoms with Crippen molar-refractivity contribution in [3.63, 3.8) is 0 Å². The van der Waals surface area contributed by atoms with Crippen molar-refractivity contribution >= 4 is 15.7 Å². The van der Waals surface area contributed by atoms with Gasteiger partial charge in [-0.25, -0.2) is 17.5 Å². The minimum atomic E-state index is -3.67. The minimum absolute atomic E-state index is 0.0745. The van der Waals surface area contributed by atoms with Crippen molar-refractivity contribution in [3.05, 3.63) is 59.4 Å². The first-order valence-corrected chi connectivity index (χ1v) is 10.1. The highest BCUT2D eigenvalue weighted by Gasteiger charge is 2.16. The number of anilines is 1. The Labute approximate surface area is 154 Å². The Morgan fingerprint density at radius 3 is 2.31 bits per heavy atom. The Hall–Kier alpha value is -1.96. The van der Waals surface area contributed by atoms with Crippen molar-refractivity contribution in [1.29, 1.82) is 0 Å². The van der Waals surface area contributed by atoms with Gasteiger partial charge in [0.15, 0.2) is 0 Å². The maximum Gasteiger partial charge on any atom is 0.240 e. The first-order chi connectivity index (χ1) is 12.3. The Morgan fingerprint density at radius 2 is 1.69 bits per heavy atom. The predicted molar refractivity (Wildman–Crippen MR) is 101 cm³/mol. The molecule has 1 aliphatic rings. The number of aryl methyl sites for hydroxylation is 1. The number of piperazine rings is 1. The second-order valence-electron chi connectivity index (χ2n) is 6.69. The Balaban J connectivity index is 1.63. The standard InChI is InChI=1S/C19H24FN3O2S/c1-15-13-18(7-8-19(15)20)26(24,25)21-14-16-3-5-17(6-4-16)23-11-9-22(2)10-12-23/h3-8,13,21H,9-12,14H2,1-2H3. The molecule has 0 atom stereocenters. The maximum absolute atomic E-state index is 13.3. The van der Waals surface area contributed by atoms with Gasteiger partial charge in [-0.15, -0.1) is 0 Å². The molecule has 0 saturated carbocycles. The number of hydrogen-bond acceptors (Lipinski definition) is 4. The molecule has 0 aliphatic carbocycles. The Morgan fingerprint density at radius 1 is 1.04 bits per heavy atom. The highest BCUT2D eigenvalue weighted by atomic mass is 32.2. The fraction of sp³-hybridized carbons (Fsp3) is 0.368. The van der Waals surface area contributed by atoms with Crippen LogP contribution in [0.5, 0.6) is 0 Å². The van der Waals surface area contributed by atoms with Crippen molar-refractivity contribution in [2.75, 3.05) is 38.1 Å². The molecule has 1 fully saturated rings. The number of halogens is 1. The molecular formula is C19H24FN3O2S. The average molecular weight is 377 g/mol. The normalized spacial score (nSPS) is 16.0. The molecule has 1 N–H and O–H groups in total. The van der Waals surface area contributed by atoms with E-state index in [1.54, 1.807) is 6.92 Å². The molecule has 1 aliphatic heterocycles. The molecule has 3 rings (SSSR count). The van der Waals surface area contributed by atoms with E-state index in [0.717, 1.165) is 37.4 Å². The van der Waals surface area contributed by atoms with Crippen LogP contribution in [0.4, 0.5) is 10.1 Å². The van der Waals surface area contributed by atoms with Gasteiger partial charge in [0.05, 0.1) is 4.90 Å². The van der Waals surface area contributed by atoms with E-state index in [1.807, 2.05) is 24.3 Å². The monoisotopic (exact) mass is 377 g/mol. The van der Waals surface area contributed by atoms with E-state index in [0.29, 0.717) is 5.56 Å². The molecule has 1 saturated heterocycles. The van der Waals surface area contributed by atoms with E-state index in [1.165, 1.54) is 18.2 Å². The summed E-state index contributed by atoms with van der Waals surface area (Å²) in [7, 11) is -1.55. The molecule has 0 spiro atoms. The predicted octanol–water partition coefficient (Wildman–Crippen LogP) is 2.36. The highest BCUT2D eigenvalue weighted by Crippen LogP contribution is 2.18. The fourth-order valence-corrected chi connectivity index (χ4v) is 4.04. The maximum atomic E-state index is 13.3. The van der Waals surface area contributed by atoms with Gasteiger partial charge in [-0.2, -0.15) is 0 Å². The van der Waals surface area contributed by atoms with Gasteiger partial charge in [0.1, 0.15) is 5.82 Å². The van der Waals surface area contributed by atoms with Crippen LogP contribution in [0.3, 0.4) is 0 Å². The van der Waals surface area contributed by atoms with Gasteiger partial charge >= 0.3 is 0 Å². The summed E-state index contributed by atoms with van der Waals surface area (Å²) in [6.45, 7) is 5.81. The summed E-state index contributed by atoms with van der Waals surface area (Å²) >= 11 is 0. The van der Waals surface area contributed by atoms with Crippen LogP contribution in [-0.4, -0.2) is 46.5 Å². The van der Waals surface area contributed by atoms with Crippen LogP contribution in [0.25, 0.3) is 0 Å². The highest BCUT2D eigenvalue weighted by molar-refractivity contribution is 7.89. The van der Waals surface area contributed by atoms with Crippen LogP contribution in [-0.2, 0) is 16.6 Å². The SMILES string of the molecule is Cc1cc(S(=O)(=O)NCc2ccc(N3CCN(C)CC3)cc2)ccc1F. The van der Waals surface area contributed by atoms with E-state index in [9.17, 15) is 12.8 Å². The van der Waals surface area contributed by atoms with Crippen molar-refractivity contribution < 1.29 is 12.8 Å². The lowest BCUT2D eigenvalue weighted by molar-refractivity contribution is 0.313. The van der Waals surface area contributed by atoms with Crippen LogP contribution in [0.1, 0.15) is 11.1 Å². The quantitative estimate of drug-likeness (QED) is 0.869. The largest absolute Gasteiger partial charge is 0.369 e. The van der Waals surface area contributed by atoms with Crippen molar-refractivity contribution in [1.82, 2.24) is 9.62 Å². The van der Waals surface area contributed by atoms with Crippen molar-refractivity contribution in [3.8, 4) is 0 Å². The summed E-state index contributed by atoms with van der Waals surface area (Å²) < 4.78 is 40.6. The average Bonchev–Trinajstić information content (AvgIpc) is 2.63. The number of nitrogens with one attached hydrogen (secondary N) is 1. The molecule has 0 radical (unpaired) electrons. The van der Waals surface area contributed by atoms with Gasteiger partial charge in [-0.1, -0.05) is 12.1 Å². The number of hydrogen-bond donors (Lipinski definition) is 1. The van der Waals surface area contributed by atoms with Gasteiger partial charge in [0, 0.05) is 38.4 Å². The zero-order valence-electron chi connectivity index (χ0n) is 15.1. The lowest BCUT2D eigenvalue weighted by Gasteiger charge is -2.34. The summed E-state index contributed by atoms with van der Waals surface area (Å²) in [5, 5.41) is 0. The van der Waals surface area contributed by atoms with Gasteiger partial charge in [-0.05, 0) is 55.4 Å². The van der Waals surface area contributed by atoms with Gasteiger partial charge in [0.25, 0.3) is 0 Å². The fourth-order valence-electron chi connectivity index (χ4n) is 2.94. The molecular weight excluding hydrogens is 353 g/mol. The van der Waals surface area contributed by atoms with Crippen LogP contribution in [0.2, 0.25) is 0 Å². The van der Waals surface area contributed by atoms with Crippen LogP contribution in [0, 0.1) is 12.7 Å². The number of rotatable bonds is 5.